The number of hydrogen-bond donors (Lipinski definition) is 2. The Bertz CT molecular complexity index is 289. The van der Waals surface area contributed by atoms with Gasteiger partial charge in [-0.3, -0.25) is 15.1 Å². The predicted molar refractivity (Wildman–Crippen MR) is 63.3 cm³/mol. The van der Waals surface area contributed by atoms with E-state index >= 15 is 0 Å². The molecule has 1 heterocycles. The lowest BCUT2D eigenvalue weighted by Crippen LogP contribution is -2.55. The molecule has 1 fully saturated rings. The SMILES string of the molecule is CCCN=C1NC(=O)C(COC)(C(C)C)N1. The highest BCUT2D eigenvalue weighted by Gasteiger charge is 2.47. The fraction of sp³-hybridized carbons (Fsp3) is 0.818. The van der Waals surface area contributed by atoms with E-state index in [0.29, 0.717) is 19.1 Å². The van der Waals surface area contributed by atoms with Crippen molar-refractivity contribution in [2.24, 2.45) is 10.9 Å². The summed E-state index contributed by atoms with van der Waals surface area (Å²) in [6, 6.07) is 0. The number of methoxy groups -OCH3 is 1. The number of nitrogens with zero attached hydrogens (tertiary/aromatic N) is 1. The summed E-state index contributed by atoms with van der Waals surface area (Å²) in [5, 5.41) is 5.92. The highest BCUT2D eigenvalue weighted by Crippen LogP contribution is 2.21. The topological polar surface area (TPSA) is 62.7 Å². The van der Waals surface area contributed by atoms with Crippen LogP contribution in [0, 0.1) is 5.92 Å². The van der Waals surface area contributed by atoms with Gasteiger partial charge in [0.1, 0.15) is 5.54 Å². The fourth-order valence-electron chi connectivity index (χ4n) is 1.72. The van der Waals surface area contributed by atoms with Crippen molar-refractivity contribution >= 4 is 11.9 Å². The molecule has 0 aromatic carbocycles. The summed E-state index contributed by atoms with van der Waals surface area (Å²) in [6.45, 7) is 7.10. The molecule has 5 heteroatoms. The molecule has 0 saturated carbocycles. The van der Waals surface area contributed by atoms with Gasteiger partial charge in [0, 0.05) is 13.7 Å². The third-order valence-corrected chi connectivity index (χ3v) is 2.83. The molecule has 5 nitrogen and oxygen atoms in total. The Balaban J connectivity index is 2.84. The number of carbonyl (C=O) groups excluding carboxylic acids is 1. The van der Waals surface area contributed by atoms with Crippen LogP contribution in [0.25, 0.3) is 0 Å². The number of ether oxygens (including phenoxy) is 1. The summed E-state index contributed by atoms with van der Waals surface area (Å²) in [5.74, 6) is 0.651. The van der Waals surface area contributed by atoms with Crippen LogP contribution in [0.1, 0.15) is 27.2 Å². The quantitative estimate of drug-likeness (QED) is 0.719. The summed E-state index contributed by atoms with van der Waals surface area (Å²) >= 11 is 0. The molecular formula is C11H21N3O2. The monoisotopic (exact) mass is 227 g/mol. The van der Waals surface area contributed by atoms with Crippen LogP contribution in [0.15, 0.2) is 4.99 Å². The summed E-state index contributed by atoms with van der Waals surface area (Å²) in [7, 11) is 1.60. The van der Waals surface area contributed by atoms with Gasteiger partial charge in [0.25, 0.3) is 5.91 Å². The van der Waals surface area contributed by atoms with Crippen LogP contribution < -0.4 is 10.6 Å². The molecular weight excluding hydrogens is 206 g/mol. The average molecular weight is 227 g/mol. The molecule has 1 amide bonds. The number of nitrogens with one attached hydrogen (secondary N) is 2. The van der Waals surface area contributed by atoms with Gasteiger partial charge < -0.3 is 10.1 Å². The first kappa shape index (κ1) is 13.0. The summed E-state index contributed by atoms with van der Waals surface area (Å²) < 4.78 is 5.14. The van der Waals surface area contributed by atoms with E-state index < -0.39 is 5.54 Å². The van der Waals surface area contributed by atoms with E-state index in [9.17, 15) is 4.79 Å². The second-order valence-corrected chi connectivity index (χ2v) is 4.37. The predicted octanol–water partition coefficient (Wildman–Crippen LogP) is 0.513. The first-order valence-corrected chi connectivity index (χ1v) is 5.69. The van der Waals surface area contributed by atoms with Crippen molar-refractivity contribution in [2.45, 2.75) is 32.7 Å². The molecule has 0 aromatic heterocycles. The molecule has 2 N–H and O–H groups in total. The normalized spacial score (nSPS) is 27.3. The lowest BCUT2D eigenvalue weighted by Gasteiger charge is -2.29. The maximum Gasteiger partial charge on any atom is 0.255 e. The van der Waals surface area contributed by atoms with Crippen molar-refractivity contribution in [3.8, 4) is 0 Å². The molecule has 0 aromatic rings. The molecule has 0 spiro atoms. The Kier molecular flexibility index (Phi) is 4.29. The maximum absolute atomic E-state index is 12.0. The lowest BCUT2D eigenvalue weighted by molar-refractivity contribution is -0.127. The molecule has 0 radical (unpaired) electrons. The summed E-state index contributed by atoms with van der Waals surface area (Å²) in [6.07, 6.45) is 0.958. The van der Waals surface area contributed by atoms with Gasteiger partial charge in [0.2, 0.25) is 0 Å². The Labute approximate surface area is 96.7 Å². The fourth-order valence-corrected chi connectivity index (χ4v) is 1.72. The second kappa shape index (κ2) is 5.30. The third kappa shape index (κ3) is 2.35. The standard InChI is InChI=1S/C11H21N3O2/c1-5-6-12-10-13-9(15)11(14-10,7-16-4)8(2)3/h8H,5-7H2,1-4H3,(H2,12,13,14,15). The summed E-state index contributed by atoms with van der Waals surface area (Å²) in [5.41, 5.74) is -0.679. The van der Waals surface area contributed by atoms with Crippen molar-refractivity contribution in [3.05, 3.63) is 0 Å². The van der Waals surface area contributed by atoms with Gasteiger partial charge in [0.15, 0.2) is 5.96 Å². The van der Waals surface area contributed by atoms with Gasteiger partial charge in [0.05, 0.1) is 6.61 Å². The van der Waals surface area contributed by atoms with E-state index in [-0.39, 0.29) is 11.8 Å². The van der Waals surface area contributed by atoms with E-state index in [1.807, 2.05) is 20.8 Å². The van der Waals surface area contributed by atoms with Gasteiger partial charge in [-0.2, -0.15) is 0 Å². The Morgan fingerprint density at radius 1 is 1.50 bits per heavy atom. The molecule has 92 valence electrons. The number of amides is 1. The van der Waals surface area contributed by atoms with Crippen molar-refractivity contribution in [3.63, 3.8) is 0 Å². The highest BCUT2D eigenvalue weighted by molar-refractivity contribution is 6.09. The van der Waals surface area contributed by atoms with Crippen molar-refractivity contribution in [1.29, 1.82) is 0 Å². The third-order valence-electron chi connectivity index (χ3n) is 2.83. The number of carbonyl (C=O) groups is 1. The minimum Gasteiger partial charge on any atom is -0.382 e. The molecule has 1 saturated heterocycles. The van der Waals surface area contributed by atoms with Crippen LogP contribution in [0.2, 0.25) is 0 Å². The van der Waals surface area contributed by atoms with E-state index in [1.54, 1.807) is 7.11 Å². The first-order valence-electron chi connectivity index (χ1n) is 5.69. The molecule has 1 aliphatic heterocycles. The van der Waals surface area contributed by atoms with Gasteiger partial charge in [-0.05, 0) is 12.3 Å². The van der Waals surface area contributed by atoms with Gasteiger partial charge in [-0.1, -0.05) is 20.8 Å². The van der Waals surface area contributed by atoms with E-state index in [2.05, 4.69) is 15.6 Å². The van der Waals surface area contributed by atoms with Crippen LogP contribution in [0.4, 0.5) is 0 Å². The smallest absolute Gasteiger partial charge is 0.255 e. The molecule has 0 bridgehead atoms. The minimum atomic E-state index is -0.679. The number of guanidine groups is 1. The van der Waals surface area contributed by atoms with Crippen molar-refractivity contribution in [1.82, 2.24) is 10.6 Å². The molecule has 1 rings (SSSR count). The highest BCUT2D eigenvalue weighted by atomic mass is 16.5. The largest absolute Gasteiger partial charge is 0.382 e. The minimum absolute atomic E-state index is 0.0563. The van der Waals surface area contributed by atoms with Crippen LogP contribution in [0.5, 0.6) is 0 Å². The molecule has 1 unspecified atom stereocenters. The van der Waals surface area contributed by atoms with Gasteiger partial charge >= 0.3 is 0 Å². The zero-order valence-electron chi connectivity index (χ0n) is 10.5. The molecule has 1 atom stereocenters. The van der Waals surface area contributed by atoms with Crippen LogP contribution in [0.3, 0.4) is 0 Å². The number of hydrogen-bond acceptors (Lipinski definition) is 3. The van der Waals surface area contributed by atoms with Gasteiger partial charge in [-0.25, -0.2) is 0 Å². The maximum atomic E-state index is 12.0. The van der Waals surface area contributed by atoms with Crippen LogP contribution >= 0.6 is 0 Å². The van der Waals surface area contributed by atoms with E-state index in [1.165, 1.54) is 0 Å². The first-order chi connectivity index (χ1) is 7.56. The van der Waals surface area contributed by atoms with Crippen molar-refractivity contribution in [2.75, 3.05) is 20.3 Å². The average Bonchev–Trinajstić information content (AvgIpc) is 2.54. The second-order valence-electron chi connectivity index (χ2n) is 4.37. The van der Waals surface area contributed by atoms with Crippen molar-refractivity contribution < 1.29 is 9.53 Å². The molecule has 1 aliphatic rings. The lowest BCUT2D eigenvalue weighted by atomic mass is 9.87. The van der Waals surface area contributed by atoms with E-state index in [4.69, 9.17) is 4.74 Å². The van der Waals surface area contributed by atoms with Crippen LogP contribution in [-0.4, -0.2) is 37.7 Å². The Morgan fingerprint density at radius 2 is 2.19 bits per heavy atom. The van der Waals surface area contributed by atoms with E-state index in [0.717, 1.165) is 6.42 Å². The zero-order chi connectivity index (χ0) is 12.2. The Morgan fingerprint density at radius 3 is 2.69 bits per heavy atom. The number of aliphatic imine (C=N–C) groups is 1. The number of rotatable bonds is 5. The zero-order valence-corrected chi connectivity index (χ0v) is 10.5. The summed E-state index contributed by atoms with van der Waals surface area (Å²) in [4.78, 5) is 16.2. The Hall–Kier alpha value is -1.10. The van der Waals surface area contributed by atoms with Gasteiger partial charge in [-0.15, -0.1) is 0 Å². The molecule has 0 aliphatic carbocycles. The van der Waals surface area contributed by atoms with Crippen LogP contribution in [-0.2, 0) is 9.53 Å². The molecule has 16 heavy (non-hydrogen) atoms.